The smallest absolute Gasteiger partial charge is 0.132 e. The molecule has 0 spiro atoms. The van der Waals surface area contributed by atoms with E-state index in [1.54, 1.807) is 17.7 Å². The Morgan fingerprint density at radius 1 is 1.24 bits per heavy atom. The minimum absolute atomic E-state index is 0.882. The lowest BCUT2D eigenvalue weighted by Gasteiger charge is -2.08. The molecule has 1 aliphatic carbocycles. The summed E-state index contributed by atoms with van der Waals surface area (Å²) < 4.78 is 0. The van der Waals surface area contributed by atoms with Crippen LogP contribution in [0.1, 0.15) is 23.4 Å². The fraction of sp³-hybridized carbons (Fsp3) is 0.417. The summed E-state index contributed by atoms with van der Waals surface area (Å²) in [6, 6.07) is 0. The van der Waals surface area contributed by atoms with Crippen molar-refractivity contribution < 1.29 is 0 Å². The first kappa shape index (κ1) is 10.7. The molecule has 88 valence electrons. The van der Waals surface area contributed by atoms with Crippen LogP contribution in [0.5, 0.6) is 0 Å². The van der Waals surface area contributed by atoms with Gasteiger partial charge in [-0.3, -0.25) is 0 Å². The summed E-state index contributed by atoms with van der Waals surface area (Å²) in [6.07, 6.45) is 6.01. The van der Waals surface area contributed by atoms with Crippen LogP contribution in [0.4, 0.5) is 5.82 Å². The molecule has 2 aromatic heterocycles. The molecule has 2 aromatic rings. The number of anilines is 1. The van der Waals surface area contributed by atoms with Crippen LogP contribution in [0.15, 0.2) is 17.2 Å². The van der Waals surface area contributed by atoms with Gasteiger partial charge >= 0.3 is 0 Å². The van der Waals surface area contributed by atoms with Crippen LogP contribution < -0.4 is 5.32 Å². The van der Waals surface area contributed by atoms with Gasteiger partial charge in [0.2, 0.25) is 0 Å². The Kier molecular flexibility index (Phi) is 3.00. The molecule has 0 saturated heterocycles. The third-order valence-electron chi connectivity index (χ3n) is 3.03. The van der Waals surface area contributed by atoms with Crippen LogP contribution in [0, 0.1) is 0 Å². The molecule has 1 aliphatic rings. The molecule has 3 rings (SSSR count). The zero-order valence-electron chi connectivity index (χ0n) is 9.52. The normalized spacial score (nSPS) is 13.6. The molecule has 0 aliphatic heterocycles. The molecule has 0 unspecified atom stereocenters. The number of thiazole rings is 1. The largest absolute Gasteiger partial charge is 0.369 e. The molecule has 5 heteroatoms. The molecule has 0 amide bonds. The van der Waals surface area contributed by atoms with E-state index in [4.69, 9.17) is 0 Å². The lowest BCUT2D eigenvalue weighted by Crippen LogP contribution is -2.09. The van der Waals surface area contributed by atoms with Crippen LogP contribution >= 0.6 is 11.3 Å². The first-order valence-corrected chi connectivity index (χ1v) is 6.81. The number of nitrogens with one attached hydrogen (secondary N) is 1. The van der Waals surface area contributed by atoms with E-state index < -0.39 is 0 Å². The van der Waals surface area contributed by atoms with Crippen molar-refractivity contribution in [2.45, 2.75) is 25.7 Å². The first-order valence-electron chi connectivity index (χ1n) is 5.87. The molecule has 2 heterocycles. The predicted octanol–water partition coefficient (Wildman–Crippen LogP) is 2.08. The van der Waals surface area contributed by atoms with Crippen molar-refractivity contribution >= 4 is 17.2 Å². The maximum absolute atomic E-state index is 4.33. The number of hydrogen-bond acceptors (Lipinski definition) is 5. The first-order chi connectivity index (χ1) is 8.43. The molecule has 4 nitrogen and oxygen atoms in total. The third-order valence-corrected chi connectivity index (χ3v) is 3.67. The molecule has 0 bridgehead atoms. The lowest BCUT2D eigenvalue weighted by molar-refractivity contribution is 0.899. The summed E-state index contributed by atoms with van der Waals surface area (Å²) in [6.45, 7) is 0.882. The number of hydrogen-bond donors (Lipinski definition) is 1. The Bertz CT molecular complexity index is 495. The van der Waals surface area contributed by atoms with E-state index >= 15 is 0 Å². The van der Waals surface area contributed by atoms with Gasteiger partial charge in [0.15, 0.2) is 0 Å². The highest BCUT2D eigenvalue weighted by Gasteiger charge is 2.16. The second kappa shape index (κ2) is 4.79. The Balaban J connectivity index is 1.64. The van der Waals surface area contributed by atoms with Gasteiger partial charge in [-0.2, -0.15) is 0 Å². The molecule has 0 fully saturated rings. The number of fused-ring (bicyclic) bond motifs is 1. The van der Waals surface area contributed by atoms with Gasteiger partial charge in [0, 0.05) is 29.6 Å². The maximum Gasteiger partial charge on any atom is 0.132 e. The highest BCUT2D eigenvalue weighted by atomic mass is 32.1. The summed E-state index contributed by atoms with van der Waals surface area (Å²) in [5.74, 6) is 1.02. The van der Waals surface area contributed by atoms with E-state index in [0.29, 0.717) is 0 Å². The van der Waals surface area contributed by atoms with Gasteiger partial charge in [0.05, 0.1) is 11.2 Å². The van der Waals surface area contributed by atoms with E-state index in [9.17, 15) is 0 Å². The molecule has 0 radical (unpaired) electrons. The van der Waals surface area contributed by atoms with Crippen LogP contribution in [0.25, 0.3) is 0 Å². The zero-order valence-corrected chi connectivity index (χ0v) is 10.3. The summed E-state index contributed by atoms with van der Waals surface area (Å²) >= 11 is 1.64. The van der Waals surface area contributed by atoms with Crippen LogP contribution in [0.2, 0.25) is 0 Å². The van der Waals surface area contributed by atoms with Gasteiger partial charge in [-0.05, 0) is 19.3 Å². The zero-order chi connectivity index (χ0) is 11.5. The summed E-state index contributed by atoms with van der Waals surface area (Å²) in [7, 11) is 0. The van der Waals surface area contributed by atoms with Gasteiger partial charge in [0.25, 0.3) is 0 Å². The number of aryl methyl sites for hydroxylation is 1. The van der Waals surface area contributed by atoms with Crippen molar-refractivity contribution in [3.05, 3.63) is 34.2 Å². The van der Waals surface area contributed by atoms with Crippen molar-refractivity contribution in [2.75, 3.05) is 11.9 Å². The second-order valence-corrected chi connectivity index (χ2v) is 4.88. The van der Waals surface area contributed by atoms with Crippen molar-refractivity contribution in [1.82, 2.24) is 15.0 Å². The fourth-order valence-corrected chi connectivity index (χ4v) is 2.77. The van der Waals surface area contributed by atoms with Gasteiger partial charge in [0.1, 0.15) is 12.1 Å². The summed E-state index contributed by atoms with van der Waals surface area (Å²) in [5, 5.41) is 5.49. The highest BCUT2D eigenvalue weighted by molar-refractivity contribution is 7.07. The number of nitrogens with zero attached hydrogens (tertiary/aromatic N) is 3. The third kappa shape index (κ3) is 2.29. The predicted molar refractivity (Wildman–Crippen MR) is 68.4 cm³/mol. The van der Waals surface area contributed by atoms with Gasteiger partial charge < -0.3 is 5.32 Å². The standard InChI is InChI=1S/C12H14N4S/c1-2-10-11(3-1)14-7-15-12(10)13-5-4-9-6-17-8-16-9/h6-8H,1-5H2,(H,13,14,15). The Hall–Kier alpha value is -1.49. The van der Waals surface area contributed by atoms with Gasteiger partial charge in [-0.15, -0.1) is 11.3 Å². The minimum Gasteiger partial charge on any atom is -0.369 e. The summed E-state index contributed by atoms with van der Waals surface area (Å²) in [5.41, 5.74) is 5.55. The van der Waals surface area contributed by atoms with E-state index in [-0.39, 0.29) is 0 Å². The van der Waals surface area contributed by atoms with Crippen LogP contribution in [-0.2, 0) is 19.3 Å². The quantitative estimate of drug-likeness (QED) is 0.897. The SMILES string of the molecule is c1nc2c(c(NCCc3cscn3)n1)CCC2. The Morgan fingerprint density at radius 3 is 3.12 bits per heavy atom. The van der Waals surface area contributed by atoms with E-state index in [0.717, 1.165) is 37.3 Å². The highest BCUT2D eigenvalue weighted by Crippen LogP contribution is 2.24. The van der Waals surface area contributed by atoms with E-state index in [1.165, 1.54) is 17.7 Å². The molecular formula is C12H14N4S. The Labute approximate surface area is 104 Å². The molecular weight excluding hydrogens is 232 g/mol. The van der Waals surface area contributed by atoms with Crippen molar-refractivity contribution in [3.63, 3.8) is 0 Å². The van der Waals surface area contributed by atoms with Crippen LogP contribution in [-0.4, -0.2) is 21.5 Å². The van der Waals surface area contributed by atoms with E-state index in [2.05, 4.69) is 25.6 Å². The molecule has 17 heavy (non-hydrogen) atoms. The van der Waals surface area contributed by atoms with E-state index in [1.807, 2.05) is 5.51 Å². The average Bonchev–Trinajstić information content (AvgIpc) is 2.99. The van der Waals surface area contributed by atoms with Crippen molar-refractivity contribution in [2.24, 2.45) is 0 Å². The second-order valence-electron chi connectivity index (χ2n) is 4.16. The minimum atomic E-state index is 0.882. The molecule has 1 N–H and O–H groups in total. The molecule has 0 aromatic carbocycles. The number of aromatic nitrogens is 3. The number of rotatable bonds is 4. The molecule has 0 saturated carbocycles. The molecule has 0 atom stereocenters. The fourth-order valence-electron chi connectivity index (χ4n) is 2.18. The average molecular weight is 246 g/mol. The van der Waals surface area contributed by atoms with Gasteiger partial charge in [-0.1, -0.05) is 0 Å². The lowest BCUT2D eigenvalue weighted by atomic mass is 10.2. The van der Waals surface area contributed by atoms with Crippen molar-refractivity contribution in [3.8, 4) is 0 Å². The van der Waals surface area contributed by atoms with Crippen LogP contribution in [0.3, 0.4) is 0 Å². The van der Waals surface area contributed by atoms with Gasteiger partial charge in [-0.25, -0.2) is 15.0 Å². The summed E-state index contributed by atoms with van der Waals surface area (Å²) in [4.78, 5) is 12.9. The maximum atomic E-state index is 4.33. The van der Waals surface area contributed by atoms with Crippen molar-refractivity contribution in [1.29, 1.82) is 0 Å². The Morgan fingerprint density at radius 2 is 2.24 bits per heavy atom. The monoisotopic (exact) mass is 246 g/mol. The topological polar surface area (TPSA) is 50.7 Å².